The number of hydrogen-bond donors (Lipinski definition) is 2. The maximum atomic E-state index is 12.5. The van der Waals surface area contributed by atoms with Gasteiger partial charge in [0.2, 0.25) is 0 Å². The summed E-state index contributed by atoms with van der Waals surface area (Å²) in [5.41, 5.74) is 5.06. The highest BCUT2D eigenvalue weighted by molar-refractivity contribution is 6.99. The second kappa shape index (κ2) is 7.28. The highest BCUT2D eigenvalue weighted by Gasteiger charge is 2.17. The van der Waals surface area contributed by atoms with Gasteiger partial charge in [0, 0.05) is 23.6 Å². The van der Waals surface area contributed by atoms with E-state index in [1.165, 1.54) is 22.7 Å². The van der Waals surface area contributed by atoms with E-state index in [-0.39, 0.29) is 5.91 Å². The van der Waals surface area contributed by atoms with Crippen LogP contribution in [0.4, 0.5) is 0 Å². The normalized spacial score (nSPS) is 11.2. The van der Waals surface area contributed by atoms with E-state index in [2.05, 4.69) is 35.4 Å². The molecule has 4 rings (SSSR count). The molecule has 0 fully saturated rings. The van der Waals surface area contributed by atoms with Gasteiger partial charge in [-0.25, -0.2) is 4.68 Å². The lowest BCUT2D eigenvalue weighted by Gasteiger charge is -2.04. The molecule has 3 aromatic heterocycles. The Labute approximate surface area is 159 Å². The van der Waals surface area contributed by atoms with Gasteiger partial charge in [-0.2, -0.15) is 8.75 Å². The molecule has 0 atom stereocenters. The summed E-state index contributed by atoms with van der Waals surface area (Å²) in [7, 11) is 0. The fraction of sp³-hybridized carbons (Fsp3) is 0.278. The number of benzene rings is 1. The lowest BCUT2D eigenvalue weighted by Crippen LogP contribution is -2.26. The van der Waals surface area contributed by atoms with Crippen molar-refractivity contribution in [2.45, 2.75) is 26.8 Å². The first-order valence-corrected chi connectivity index (χ1v) is 9.38. The molecule has 27 heavy (non-hydrogen) atoms. The zero-order chi connectivity index (χ0) is 18.8. The third-order valence-electron chi connectivity index (χ3n) is 4.60. The van der Waals surface area contributed by atoms with Crippen LogP contribution in [0.1, 0.15) is 33.1 Å². The van der Waals surface area contributed by atoms with Crippen LogP contribution in [0.15, 0.2) is 30.5 Å². The van der Waals surface area contributed by atoms with E-state index >= 15 is 0 Å². The Balaban J connectivity index is 1.39. The van der Waals surface area contributed by atoms with Gasteiger partial charge in [0.15, 0.2) is 5.69 Å². The van der Waals surface area contributed by atoms with E-state index in [1.54, 1.807) is 4.68 Å². The van der Waals surface area contributed by atoms with Crippen LogP contribution in [-0.2, 0) is 13.0 Å². The Morgan fingerprint density at radius 2 is 2.11 bits per heavy atom. The second-order valence-electron chi connectivity index (χ2n) is 6.34. The summed E-state index contributed by atoms with van der Waals surface area (Å²) in [6.45, 7) is 4.74. The molecule has 8 nitrogen and oxygen atoms in total. The number of carbonyl (C=O) groups is 1. The van der Waals surface area contributed by atoms with Gasteiger partial charge in [-0.15, -0.1) is 5.10 Å². The average molecular weight is 381 g/mol. The van der Waals surface area contributed by atoms with Gasteiger partial charge in [0.25, 0.3) is 5.91 Å². The molecular formula is C18H19N7OS. The zero-order valence-corrected chi connectivity index (χ0v) is 15.9. The minimum Gasteiger partial charge on any atom is -0.361 e. The quantitative estimate of drug-likeness (QED) is 0.533. The van der Waals surface area contributed by atoms with Crippen molar-refractivity contribution in [2.75, 3.05) is 6.54 Å². The molecule has 0 saturated heterocycles. The lowest BCUT2D eigenvalue weighted by molar-refractivity contribution is 0.0948. The molecule has 1 aromatic carbocycles. The average Bonchev–Trinajstić information content (AvgIpc) is 3.36. The molecule has 138 valence electrons. The smallest absolute Gasteiger partial charge is 0.273 e. The van der Waals surface area contributed by atoms with Crippen LogP contribution in [0.3, 0.4) is 0 Å². The van der Waals surface area contributed by atoms with Crippen LogP contribution in [0, 0.1) is 13.8 Å². The van der Waals surface area contributed by atoms with E-state index in [0.29, 0.717) is 24.5 Å². The van der Waals surface area contributed by atoms with Gasteiger partial charge in [-0.3, -0.25) is 4.79 Å². The lowest BCUT2D eigenvalue weighted by atomic mass is 10.1. The number of H-pyrrole nitrogens is 1. The van der Waals surface area contributed by atoms with E-state index in [0.717, 1.165) is 23.3 Å². The van der Waals surface area contributed by atoms with Crippen molar-refractivity contribution in [1.29, 1.82) is 0 Å². The predicted molar refractivity (Wildman–Crippen MR) is 103 cm³/mol. The molecule has 0 aliphatic rings. The number of carbonyl (C=O) groups excluding carboxylic acids is 1. The van der Waals surface area contributed by atoms with Crippen molar-refractivity contribution in [3.05, 3.63) is 58.8 Å². The molecule has 0 unspecified atom stereocenters. The maximum Gasteiger partial charge on any atom is 0.273 e. The monoisotopic (exact) mass is 381 g/mol. The number of fused-ring (bicyclic) bond motifs is 1. The van der Waals surface area contributed by atoms with E-state index in [9.17, 15) is 4.79 Å². The summed E-state index contributed by atoms with van der Waals surface area (Å²) in [6.07, 6.45) is 2.73. The number of amides is 1. The Hall–Kier alpha value is -3.07. The molecule has 4 aromatic rings. The highest BCUT2D eigenvalue weighted by atomic mass is 32.1. The van der Waals surface area contributed by atoms with Gasteiger partial charge in [-0.05, 0) is 31.9 Å². The number of aromatic amines is 1. The Morgan fingerprint density at radius 1 is 1.26 bits per heavy atom. The third kappa shape index (κ3) is 3.45. The number of nitrogens with zero attached hydrogens (tertiary/aromatic N) is 5. The van der Waals surface area contributed by atoms with E-state index in [1.807, 2.05) is 38.2 Å². The van der Waals surface area contributed by atoms with Crippen molar-refractivity contribution in [3.63, 3.8) is 0 Å². The van der Waals surface area contributed by atoms with Crippen molar-refractivity contribution in [2.24, 2.45) is 0 Å². The number of aromatic nitrogens is 6. The SMILES string of the molecule is Cc1nsnc1Cn1nnc(C(=O)NCCc2c[nH]c3ccccc23)c1C. The van der Waals surface area contributed by atoms with Crippen molar-refractivity contribution in [3.8, 4) is 0 Å². The largest absolute Gasteiger partial charge is 0.361 e. The fourth-order valence-electron chi connectivity index (χ4n) is 2.99. The number of nitrogens with one attached hydrogen (secondary N) is 2. The zero-order valence-electron chi connectivity index (χ0n) is 15.1. The summed E-state index contributed by atoms with van der Waals surface area (Å²) in [4.78, 5) is 15.7. The molecule has 0 aliphatic carbocycles. The minimum absolute atomic E-state index is 0.216. The summed E-state index contributed by atoms with van der Waals surface area (Å²) in [5.74, 6) is -0.216. The van der Waals surface area contributed by atoms with Crippen LogP contribution in [-0.4, -0.2) is 41.2 Å². The Kier molecular flexibility index (Phi) is 4.68. The van der Waals surface area contributed by atoms with Gasteiger partial charge in [0.05, 0.1) is 35.4 Å². The molecule has 0 saturated carbocycles. The number of hydrogen-bond acceptors (Lipinski definition) is 6. The molecular weight excluding hydrogens is 362 g/mol. The molecule has 2 N–H and O–H groups in total. The fourth-order valence-corrected chi connectivity index (χ4v) is 3.55. The Morgan fingerprint density at radius 3 is 2.93 bits per heavy atom. The predicted octanol–water partition coefficient (Wildman–Crippen LogP) is 2.25. The van der Waals surface area contributed by atoms with Gasteiger partial charge in [0.1, 0.15) is 0 Å². The van der Waals surface area contributed by atoms with E-state index < -0.39 is 0 Å². The van der Waals surface area contributed by atoms with Gasteiger partial charge >= 0.3 is 0 Å². The third-order valence-corrected chi connectivity index (χ3v) is 5.26. The molecule has 0 bridgehead atoms. The van der Waals surface area contributed by atoms with Gasteiger partial charge < -0.3 is 10.3 Å². The summed E-state index contributed by atoms with van der Waals surface area (Å²) in [6, 6.07) is 8.13. The summed E-state index contributed by atoms with van der Waals surface area (Å²) in [5, 5.41) is 12.2. The molecule has 9 heteroatoms. The molecule has 0 spiro atoms. The van der Waals surface area contributed by atoms with Crippen molar-refractivity contribution >= 4 is 28.5 Å². The van der Waals surface area contributed by atoms with E-state index in [4.69, 9.17) is 0 Å². The molecule has 3 heterocycles. The molecule has 1 amide bonds. The van der Waals surface area contributed by atoms with Crippen LogP contribution in [0.5, 0.6) is 0 Å². The first-order chi connectivity index (χ1) is 13.1. The number of aryl methyl sites for hydroxylation is 1. The maximum absolute atomic E-state index is 12.5. The van der Waals surface area contributed by atoms with Crippen molar-refractivity contribution < 1.29 is 4.79 Å². The highest BCUT2D eigenvalue weighted by Crippen LogP contribution is 2.17. The Bertz CT molecular complexity index is 1090. The standard InChI is InChI=1S/C18H19N7OS/c1-11-16(23-27-22-11)10-25-12(2)17(21-24-25)18(26)19-8-7-13-9-20-15-6-4-3-5-14(13)15/h3-6,9,20H,7-8,10H2,1-2H3,(H,19,26). The first-order valence-electron chi connectivity index (χ1n) is 8.65. The van der Waals surface area contributed by atoms with Crippen LogP contribution < -0.4 is 5.32 Å². The number of para-hydroxylation sites is 1. The van der Waals surface area contributed by atoms with Crippen LogP contribution >= 0.6 is 11.7 Å². The molecule has 0 aliphatic heterocycles. The van der Waals surface area contributed by atoms with Gasteiger partial charge in [-0.1, -0.05) is 23.4 Å². The first kappa shape index (κ1) is 17.3. The molecule has 0 radical (unpaired) electrons. The summed E-state index contributed by atoms with van der Waals surface area (Å²) >= 11 is 1.17. The second-order valence-corrected chi connectivity index (χ2v) is 6.87. The van der Waals surface area contributed by atoms with Crippen molar-refractivity contribution in [1.82, 2.24) is 34.0 Å². The topological polar surface area (TPSA) is 101 Å². The number of rotatable bonds is 6. The minimum atomic E-state index is -0.216. The van der Waals surface area contributed by atoms with Crippen LogP contribution in [0.2, 0.25) is 0 Å². The summed E-state index contributed by atoms with van der Waals surface area (Å²) < 4.78 is 10.1. The van der Waals surface area contributed by atoms with Crippen LogP contribution in [0.25, 0.3) is 10.9 Å².